The molecular formula is C19H22N4O4. The van der Waals surface area contributed by atoms with Crippen molar-refractivity contribution in [1.29, 1.82) is 0 Å². The number of morpholine rings is 1. The van der Waals surface area contributed by atoms with Crippen LogP contribution in [0.4, 0.5) is 5.69 Å². The number of aromatic nitrogens is 2. The predicted octanol–water partition coefficient (Wildman–Crippen LogP) is 1.57. The van der Waals surface area contributed by atoms with Crippen molar-refractivity contribution in [2.24, 2.45) is 0 Å². The van der Waals surface area contributed by atoms with Gasteiger partial charge in [0.25, 0.3) is 5.91 Å². The summed E-state index contributed by atoms with van der Waals surface area (Å²) in [6, 6.07) is 7.76. The van der Waals surface area contributed by atoms with Crippen LogP contribution in [0.2, 0.25) is 0 Å². The Morgan fingerprint density at radius 1 is 1.19 bits per heavy atom. The van der Waals surface area contributed by atoms with Crippen molar-refractivity contribution in [3.05, 3.63) is 36.0 Å². The first-order chi connectivity index (χ1) is 13.3. The van der Waals surface area contributed by atoms with Gasteiger partial charge in [-0.3, -0.25) is 4.79 Å². The molecule has 0 bridgehead atoms. The molecule has 3 aliphatic rings. The number of anilines is 1. The first kappa shape index (κ1) is 16.6. The normalized spacial score (nSPS) is 22.3. The van der Waals surface area contributed by atoms with Gasteiger partial charge in [-0.2, -0.15) is 4.98 Å². The van der Waals surface area contributed by atoms with Crippen LogP contribution in [0.15, 0.2) is 28.8 Å². The summed E-state index contributed by atoms with van der Waals surface area (Å²) in [4.78, 5) is 21.4. The lowest BCUT2D eigenvalue weighted by Gasteiger charge is -2.37. The Bertz CT molecular complexity index is 829. The van der Waals surface area contributed by atoms with Crippen LogP contribution in [0.1, 0.15) is 30.5 Å². The number of hydrogen-bond acceptors (Lipinski definition) is 7. The zero-order valence-corrected chi connectivity index (χ0v) is 15.0. The van der Waals surface area contributed by atoms with E-state index in [-0.39, 0.29) is 5.91 Å². The molecule has 142 valence electrons. The average molecular weight is 370 g/mol. The van der Waals surface area contributed by atoms with Crippen molar-refractivity contribution in [3.8, 4) is 5.75 Å². The number of carbonyl (C=O) groups is 1. The summed E-state index contributed by atoms with van der Waals surface area (Å²) in [6.45, 7) is 3.28. The van der Waals surface area contributed by atoms with E-state index in [9.17, 15) is 4.79 Å². The van der Waals surface area contributed by atoms with Crippen molar-refractivity contribution in [2.75, 3.05) is 37.7 Å². The maximum Gasteiger partial charge on any atom is 0.265 e. The van der Waals surface area contributed by atoms with Gasteiger partial charge in [-0.05, 0) is 25.0 Å². The molecule has 2 aromatic rings. The Balaban J connectivity index is 1.36. The second-order valence-electron chi connectivity index (χ2n) is 7.21. The largest absolute Gasteiger partial charge is 0.477 e. The maximum absolute atomic E-state index is 12.9. The lowest BCUT2D eigenvalue weighted by atomic mass is 10.1. The van der Waals surface area contributed by atoms with E-state index in [4.69, 9.17) is 14.0 Å². The molecule has 1 saturated carbocycles. The highest BCUT2D eigenvalue weighted by Crippen LogP contribution is 2.38. The first-order valence-electron chi connectivity index (χ1n) is 9.47. The van der Waals surface area contributed by atoms with Crippen LogP contribution in [0, 0.1) is 0 Å². The monoisotopic (exact) mass is 370 g/mol. The number of hydrogen-bond donors (Lipinski definition) is 0. The summed E-state index contributed by atoms with van der Waals surface area (Å²) in [5.74, 6) is 2.54. The minimum Gasteiger partial charge on any atom is -0.477 e. The van der Waals surface area contributed by atoms with Gasteiger partial charge in [0, 0.05) is 19.0 Å². The fourth-order valence-corrected chi connectivity index (χ4v) is 3.58. The van der Waals surface area contributed by atoms with E-state index < -0.39 is 6.10 Å². The summed E-state index contributed by atoms with van der Waals surface area (Å²) in [5, 5.41) is 4.09. The molecule has 1 aliphatic carbocycles. The number of rotatable bonds is 4. The third-order valence-electron chi connectivity index (χ3n) is 5.21. The predicted molar refractivity (Wildman–Crippen MR) is 95.6 cm³/mol. The average Bonchev–Trinajstić information content (AvgIpc) is 3.47. The number of nitrogens with zero attached hydrogens (tertiary/aromatic N) is 4. The summed E-state index contributed by atoms with van der Waals surface area (Å²) >= 11 is 0. The molecule has 2 aliphatic heterocycles. The minimum atomic E-state index is -0.552. The molecular weight excluding hydrogens is 348 g/mol. The third-order valence-corrected chi connectivity index (χ3v) is 5.21. The molecule has 0 N–H and O–H groups in total. The highest BCUT2D eigenvalue weighted by molar-refractivity contribution is 5.83. The highest BCUT2D eigenvalue weighted by atomic mass is 16.5. The maximum atomic E-state index is 12.9. The van der Waals surface area contributed by atoms with E-state index in [1.165, 1.54) is 0 Å². The van der Waals surface area contributed by atoms with Crippen LogP contribution < -0.4 is 9.64 Å². The van der Waals surface area contributed by atoms with E-state index in [2.05, 4.69) is 15.0 Å². The molecule has 2 fully saturated rings. The molecule has 8 nitrogen and oxygen atoms in total. The van der Waals surface area contributed by atoms with Crippen molar-refractivity contribution in [2.45, 2.75) is 31.4 Å². The number of benzene rings is 1. The molecule has 0 unspecified atom stereocenters. The topological polar surface area (TPSA) is 80.9 Å². The van der Waals surface area contributed by atoms with E-state index in [1.807, 2.05) is 29.2 Å². The van der Waals surface area contributed by atoms with Gasteiger partial charge in [-0.1, -0.05) is 17.3 Å². The fraction of sp³-hybridized carbons (Fsp3) is 0.526. The molecule has 1 amide bonds. The summed E-state index contributed by atoms with van der Waals surface area (Å²) < 4.78 is 16.8. The van der Waals surface area contributed by atoms with Gasteiger partial charge in [0.15, 0.2) is 11.9 Å². The summed E-state index contributed by atoms with van der Waals surface area (Å²) in [7, 11) is 0. The van der Waals surface area contributed by atoms with Crippen LogP contribution in [0.25, 0.3) is 0 Å². The lowest BCUT2D eigenvalue weighted by molar-refractivity contribution is -0.142. The standard InChI is InChI=1S/C19H22N4O4/c24-19(22-7-9-25-10-8-22)16-11-23(14-3-1-2-4-15(14)26-16)12-17-20-18(21-27-17)13-5-6-13/h1-4,13,16H,5-12H2/t16-/m1/s1. The van der Waals surface area contributed by atoms with E-state index >= 15 is 0 Å². The van der Waals surface area contributed by atoms with E-state index in [0.717, 1.165) is 24.4 Å². The molecule has 1 saturated heterocycles. The van der Waals surface area contributed by atoms with Gasteiger partial charge in [-0.15, -0.1) is 0 Å². The van der Waals surface area contributed by atoms with Crippen LogP contribution in [0.5, 0.6) is 5.75 Å². The number of fused-ring (bicyclic) bond motifs is 1. The van der Waals surface area contributed by atoms with Gasteiger partial charge in [0.2, 0.25) is 5.89 Å². The molecule has 8 heteroatoms. The van der Waals surface area contributed by atoms with Gasteiger partial charge in [0.05, 0.1) is 32.0 Å². The van der Waals surface area contributed by atoms with E-state index in [0.29, 0.717) is 57.0 Å². The van der Waals surface area contributed by atoms with Gasteiger partial charge in [-0.25, -0.2) is 0 Å². The lowest BCUT2D eigenvalue weighted by Crippen LogP contribution is -2.52. The van der Waals surface area contributed by atoms with Crippen LogP contribution in [-0.4, -0.2) is 59.9 Å². The molecule has 1 aromatic carbocycles. The van der Waals surface area contributed by atoms with Gasteiger partial charge < -0.3 is 23.8 Å². The minimum absolute atomic E-state index is 0.00185. The second kappa shape index (κ2) is 6.84. The number of ether oxygens (including phenoxy) is 2. The molecule has 1 aromatic heterocycles. The molecule has 3 heterocycles. The van der Waals surface area contributed by atoms with Crippen LogP contribution in [-0.2, 0) is 16.1 Å². The Morgan fingerprint density at radius 3 is 2.81 bits per heavy atom. The van der Waals surface area contributed by atoms with Crippen molar-refractivity contribution in [1.82, 2.24) is 15.0 Å². The summed E-state index contributed by atoms with van der Waals surface area (Å²) in [5.41, 5.74) is 0.940. The summed E-state index contributed by atoms with van der Waals surface area (Å²) in [6.07, 6.45) is 1.72. The Hall–Kier alpha value is -2.61. The Morgan fingerprint density at radius 2 is 2.00 bits per heavy atom. The Kier molecular flexibility index (Phi) is 4.20. The molecule has 0 radical (unpaired) electrons. The molecule has 5 rings (SSSR count). The van der Waals surface area contributed by atoms with Crippen molar-refractivity contribution in [3.63, 3.8) is 0 Å². The fourth-order valence-electron chi connectivity index (χ4n) is 3.58. The van der Waals surface area contributed by atoms with Gasteiger partial charge in [0.1, 0.15) is 5.75 Å². The SMILES string of the molecule is O=C([C@H]1CN(Cc2nc(C3CC3)no2)c2ccccc2O1)N1CCOCC1. The second-order valence-corrected chi connectivity index (χ2v) is 7.21. The first-order valence-corrected chi connectivity index (χ1v) is 9.47. The third kappa shape index (κ3) is 3.37. The van der Waals surface area contributed by atoms with Crippen LogP contribution >= 0.6 is 0 Å². The van der Waals surface area contributed by atoms with E-state index in [1.54, 1.807) is 0 Å². The smallest absolute Gasteiger partial charge is 0.265 e. The zero-order chi connectivity index (χ0) is 18.2. The van der Waals surface area contributed by atoms with Gasteiger partial charge >= 0.3 is 0 Å². The van der Waals surface area contributed by atoms with Crippen molar-refractivity contribution < 1.29 is 18.8 Å². The molecule has 27 heavy (non-hydrogen) atoms. The molecule has 1 atom stereocenters. The Labute approximate surface area is 157 Å². The number of carbonyl (C=O) groups excluding carboxylic acids is 1. The number of amides is 1. The van der Waals surface area contributed by atoms with Crippen LogP contribution in [0.3, 0.4) is 0 Å². The van der Waals surface area contributed by atoms with Crippen molar-refractivity contribution >= 4 is 11.6 Å². The molecule has 0 spiro atoms. The number of para-hydroxylation sites is 2. The zero-order valence-electron chi connectivity index (χ0n) is 15.0. The highest BCUT2D eigenvalue weighted by Gasteiger charge is 2.35. The quantitative estimate of drug-likeness (QED) is 0.808.